The lowest BCUT2D eigenvalue weighted by Crippen LogP contribution is -2.00. The summed E-state index contributed by atoms with van der Waals surface area (Å²) in [5.74, 6) is -0.367. The number of aromatic amines is 1. The largest absolute Gasteiger partial charge is 0.507 e. The normalized spacial score (nSPS) is 11.6. The molecular weight excluding hydrogens is 310 g/mol. The summed E-state index contributed by atoms with van der Waals surface area (Å²) in [6.07, 6.45) is 3.13. The number of carbonyl (C=O) groups excluding carboxylic acids is 1. The molecule has 0 fully saturated rings. The number of H-pyrrole nitrogens is 1. The highest BCUT2D eigenvalue weighted by atomic mass is 32.1. The number of benzene rings is 1. The second-order valence-electron chi connectivity index (χ2n) is 5.15. The van der Waals surface area contributed by atoms with E-state index in [1.165, 1.54) is 18.0 Å². The van der Waals surface area contributed by atoms with E-state index in [9.17, 15) is 9.90 Å². The molecule has 0 unspecified atom stereocenters. The van der Waals surface area contributed by atoms with Crippen molar-refractivity contribution in [1.82, 2.24) is 15.2 Å². The van der Waals surface area contributed by atoms with Crippen LogP contribution in [-0.2, 0) is 6.42 Å². The molecule has 0 aliphatic heterocycles. The zero-order valence-corrected chi connectivity index (χ0v) is 13.3. The Balaban J connectivity index is 1.82. The number of nitrogens with zero attached hydrogens (tertiary/aromatic N) is 2. The molecule has 6 heteroatoms. The van der Waals surface area contributed by atoms with E-state index < -0.39 is 5.78 Å². The van der Waals surface area contributed by atoms with Gasteiger partial charge in [0.1, 0.15) is 12.1 Å². The predicted octanol–water partition coefficient (Wildman–Crippen LogP) is 3.55. The van der Waals surface area contributed by atoms with Crippen molar-refractivity contribution < 1.29 is 9.90 Å². The minimum atomic E-state index is -0.410. The fourth-order valence-electron chi connectivity index (χ4n) is 2.19. The third-order valence-electron chi connectivity index (χ3n) is 3.42. The number of rotatable bonds is 5. The molecule has 5 nitrogen and oxygen atoms in total. The van der Waals surface area contributed by atoms with Crippen LogP contribution in [0.1, 0.15) is 32.2 Å². The lowest BCUT2D eigenvalue weighted by Gasteiger charge is -2.04. The lowest BCUT2D eigenvalue weighted by atomic mass is 10.1. The van der Waals surface area contributed by atoms with Gasteiger partial charge in [-0.3, -0.25) is 9.89 Å². The number of hydrogen-bond acceptors (Lipinski definition) is 5. The van der Waals surface area contributed by atoms with Crippen molar-refractivity contribution in [2.75, 3.05) is 0 Å². The lowest BCUT2D eigenvalue weighted by molar-refractivity contribution is 0.103. The van der Waals surface area contributed by atoms with E-state index in [-0.39, 0.29) is 11.6 Å². The SMILES string of the molecule is Cc1ccc(Cc2sccc2C(O)=CC(=O)c2ncn[nH]2)cc1. The summed E-state index contributed by atoms with van der Waals surface area (Å²) < 4.78 is 0. The zero-order valence-electron chi connectivity index (χ0n) is 12.5. The fourth-order valence-corrected chi connectivity index (χ4v) is 3.11. The number of ketones is 1. The molecule has 116 valence electrons. The number of aliphatic hydroxyl groups is 1. The Morgan fingerprint density at radius 3 is 2.78 bits per heavy atom. The van der Waals surface area contributed by atoms with E-state index in [0.29, 0.717) is 12.0 Å². The first-order valence-electron chi connectivity index (χ1n) is 7.06. The molecule has 0 saturated heterocycles. The number of allylic oxidation sites excluding steroid dienone is 1. The summed E-state index contributed by atoms with van der Waals surface area (Å²) in [5.41, 5.74) is 3.04. The summed E-state index contributed by atoms with van der Waals surface area (Å²) in [6.45, 7) is 2.05. The van der Waals surface area contributed by atoms with E-state index in [2.05, 4.69) is 39.4 Å². The Labute approximate surface area is 137 Å². The molecule has 1 aromatic carbocycles. The molecule has 0 saturated carbocycles. The Kier molecular flexibility index (Phi) is 4.34. The molecule has 2 N–H and O–H groups in total. The van der Waals surface area contributed by atoms with Crippen LogP contribution in [0.5, 0.6) is 0 Å². The van der Waals surface area contributed by atoms with Crippen molar-refractivity contribution in [3.63, 3.8) is 0 Å². The zero-order chi connectivity index (χ0) is 16.2. The fraction of sp³-hybridized carbons (Fsp3) is 0.118. The van der Waals surface area contributed by atoms with Gasteiger partial charge in [0.05, 0.1) is 0 Å². The predicted molar refractivity (Wildman–Crippen MR) is 89.6 cm³/mol. The first kappa shape index (κ1) is 15.2. The maximum atomic E-state index is 12.0. The molecule has 2 heterocycles. The number of aliphatic hydroxyl groups excluding tert-OH is 1. The van der Waals surface area contributed by atoms with Gasteiger partial charge in [-0.25, -0.2) is 4.98 Å². The Hall–Kier alpha value is -2.73. The van der Waals surface area contributed by atoms with Gasteiger partial charge in [0.25, 0.3) is 0 Å². The van der Waals surface area contributed by atoms with Crippen molar-refractivity contribution in [3.8, 4) is 0 Å². The van der Waals surface area contributed by atoms with Crippen molar-refractivity contribution in [3.05, 3.63) is 75.5 Å². The number of carbonyl (C=O) groups is 1. The second-order valence-corrected chi connectivity index (χ2v) is 6.15. The van der Waals surface area contributed by atoms with Gasteiger partial charge < -0.3 is 5.11 Å². The smallest absolute Gasteiger partial charge is 0.226 e. The number of aryl methyl sites for hydroxylation is 1. The minimum Gasteiger partial charge on any atom is -0.507 e. The molecule has 23 heavy (non-hydrogen) atoms. The van der Waals surface area contributed by atoms with E-state index in [1.54, 1.807) is 11.3 Å². The third kappa shape index (κ3) is 3.54. The molecule has 0 aliphatic rings. The van der Waals surface area contributed by atoms with Gasteiger partial charge in [0, 0.05) is 22.9 Å². The van der Waals surface area contributed by atoms with Gasteiger partial charge in [-0.2, -0.15) is 5.10 Å². The summed E-state index contributed by atoms with van der Waals surface area (Å²) >= 11 is 1.55. The minimum absolute atomic E-state index is 0.0604. The first-order valence-corrected chi connectivity index (χ1v) is 7.94. The van der Waals surface area contributed by atoms with E-state index in [1.807, 2.05) is 18.4 Å². The van der Waals surface area contributed by atoms with Gasteiger partial charge in [-0.1, -0.05) is 29.8 Å². The van der Waals surface area contributed by atoms with Crippen molar-refractivity contribution in [2.45, 2.75) is 13.3 Å². The Morgan fingerprint density at radius 1 is 1.30 bits per heavy atom. The van der Waals surface area contributed by atoms with Crippen molar-refractivity contribution in [1.29, 1.82) is 0 Å². The quantitative estimate of drug-likeness (QED) is 0.427. The van der Waals surface area contributed by atoms with Crippen molar-refractivity contribution >= 4 is 22.9 Å². The van der Waals surface area contributed by atoms with Crippen LogP contribution in [-0.4, -0.2) is 26.1 Å². The number of thiophene rings is 1. The molecular formula is C17H15N3O2S. The summed E-state index contributed by atoms with van der Waals surface area (Å²) in [6, 6.07) is 10.1. The topological polar surface area (TPSA) is 78.9 Å². The molecule has 2 aromatic heterocycles. The summed E-state index contributed by atoms with van der Waals surface area (Å²) in [7, 11) is 0. The Morgan fingerprint density at radius 2 is 2.09 bits per heavy atom. The van der Waals surface area contributed by atoms with Gasteiger partial charge >= 0.3 is 0 Å². The van der Waals surface area contributed by atoms with E-state index >= 15 is 0 Å². The van der Waals surface area contributed by atoms with Crippen LogP contribution in [0.15, 0.2) is 48.1 Å². The molecule has 0 atom stereocenters. The van der Waals surface area contributed by atoms with Gasteiger partial charge in [-0.15, -0.1) is 11.3 Å². The molecule has 3 aromatic rings. The average Bonchev–Trinajstić information content (AvgIpc) is 3.20. The molecule has 0 amide bonds. The van der Waals surface area contributed by atoms with Crippen LogP contribution in [0.4, 0.5) is 0 Å². The maximum Gasteiger partial charge on any atom is 0.226 e. The summed E-state index contributed by atoms with van der Waals surface area (Å²) in [5, 5.41) is 18.3. The van der Waals surface area contributed by atoms with Crippen LogP contribution in [0, 0.1) is 6.92 Å². The summed E-state index contributed by atoms with van der Waals surface area (Å²) in [4.78, 5) is 16.7. The van der Waals surface area contributed by atoms with Gasteiger partial charge in [-0.05, 0) is 23.9 Å². The van der Waals surface area contributed by atoms with Gasteiger partial charge in [0.2, 0.25) is 5.78 Å². The standard InChI is InChI=1S/C17H15N3O2S/c1-11-2-4-12(5-3-11)8-16-13(6-7-23-16)14(21)9-15(22)17-18-10-19-20-17/h2-7,9-10,21H,8H2,1H3,(H,18,19,20). The van der Waals surface area contributed by atoms with Crippen LogP contribution >= 0.6 is 11.3 Å². The Bertz CT molecular complexity index is 833. The van der Waals surface area contributed by atoms with Crippen LogP contribution < -0.4 is 0 Å². The highest BCUT2D eigenvalue weighted by Gasteiger charge is 2.13. The highest BCUT2D eigenvalue weighted by Crippen LogP contribution is 2.26. The second kappa shape index (κ2) is 6.58. The molecule has 0 aliphatic carbocycles. The third-order valence-corrected chi connectivity index (χ3v) is 4.34. The number of aromatic nitrogens is 3. The van der Waals surface area contributed by atoms with Crippen molar-refractivity contribution in [2.24, 2.45) is 0 Å². The monoisotopic (exact) mass is 325 g/mol. The first-order chi connectivity index (χ1) is 11.1. The number of nitrogens with one attached hydrogen (secondary N) is 1. The average molecular weight is 325 g/mol. The van der Waals surface area contributed by atoms with E-state index in [0.717, 1.165) is 10.4 Å². The number of hydrogen-bond donors (Lipinski definition) is 2. The van der Waals surface area contributed by atoms with Crippen LogP contribution in [0.25, 0.3) is 5.76 Å². The molecule has 0 radical (unpaired) electrons. The molecule has 3 rings (SSSR count). The molecule has 0 spiro atoms. The van der Waals surface area contributed by atoms with Gasteiger partial charge in [0.15, 0.2) is 5.82 Å². The van der Waals surface area contributed by atoms with Crippen LogP contribution in [0.3, 0.4) is 0 Å². The maximum absolute atomic E-state index is 12.0. The van der Waals surface area contributed by atoms with E-state index in [4.69, 9.17) is 0 Å². The molecule has 0 bridgehead atoms. The van der Waals surface area contributed by atoms with Crippen LogP contribution in [0.2, 0.25) is 0 Å². The highest BCUT2D eigenvalue weighted by molar-refractivity contribution is 7.10.